The highest BCUT2D eigenvalue weighted by Gasteiger charge is 2.38. The fourth-order valence-corrected chi connectivity index (χ4v) is 3.09. The Hall–Kier alpha value is -2.44. The molecule has 0 aromatic heterocycles. The van der Waals surface area contributed by atoms with Gasteiger partial charge in [-0.25, -0.2) is 4.79 Å². The van der Waals surface area contributed by atoms with Crippen LogP contribution in [-0.2, 0) is 4.74 Å². The monoisotopic (exact) mass is 348 g/mol. The van der Waals surface area contributed by atoms with E-state index in [0.717, 1.165) is 0 Å². The summed E-state index contributed by atoms with van der Waals surface area (Å²) in [5, 5.41) is 0. The summed E-state index contributed by atoms with van der Waals surface area (Å²) < 4.78 is 16.6. The zero-order chi connectivity index (χ0) is 18.2. The van der Waals surface area contributed by atoms with Crippen LogP contribution in [0.25, 0.3) is 0 Å². The number of piperazine rings is 1. The van der Waals surface area contributed by atoms with Crippen molar-refractivity contribution in [3.8, 4) is 11.5 Å². The number of fused-ring (bicyclic) bond motifs is 2. The van der Waals surface area contributed by atoms with Gasteiger partial charge in [-0.3, -0.25) is 4.79 Å². The minimum Gasteiger partial charge on any atom is -0.493 e. The van der Waals surface area contributed by atoms with Crippen LogP contribution in [0.15, 0.2) is 18.2 Å². The highest BCUT2D eigenvalue weighted by molar-refractivity contribution is 5.98. The summed E-state index contributed by atoms with van der Waals surface area (Å²) in [5.41, 5.74) is -0.0549. The molecule has 2 aliphatic rings. The number of hydrogen-bond donors (Lipinski definition) is 0. The van der Waals surface area contributed by atoms with Crippen LogP contribution in [0.2, 0.25) is 0 Å². The standard InChI is InChI=1S/C18H24N2O5/c1-18(2,3)25-17(22)19-8-9-20-12(10-19)11-24-15-13(16(20)21)6-5-7-14(15)23-4/h5-7,12H,8-11H2,1-4H3. The van der Waals surface area contributed by atoms with Gasteiger partial charge in [-0.2, -0.15) is 0 Å². The number of para-hydroxylation sites is 1. The van der Waals surface area contributed by atoms with Crippen LogP contribution in [0, 0.1) is 0 Å². The lowest BCUT2D eigenvalue weighted by Gasteiger charge is -2.40. The van der Waals surface area contributed by atoms with Crippen molar-refractivity contribution in [2.75, 3.05) is 33.4 Å². The first-order valence-corrected chi connectivity index (χ1v) is 8.39. The average molecular weight is 348 g/mol. The number of methoxy groups -OCH3 is 1. The van der Waals surface area contributed by atoms with Crippen molar-refractivity contribution < 1.29 is 23.8 Å². The van der Waals surface area contributed by atoms with Gasteiger partial charge in [0.2, 0.25) is 0 Å². The number of amides is 2. The first-order chi connectivity index (χ1) is 11.8. The van der Waals surface area contributed by atoms with E-state index in [1.807, 2.05) is 20.8 Å². The van der Waals surface area contributed by atoms with Gasteiger partial charge in [-0.1, -0.05) is 6.07 Å². The van der Waals surface area contributed by atoms with Gasteiger partial charge in [0.1, 0.15) is 12.2 Å². The molecule has 0 saturated carbocycles. The van der Waals surface area contributed by atoms with Gasteiger partial charge in [-0.05, 0) is 32.9 Å². The molecule has 1 saturated heterocycles. The molecular weight excluding hydrogens is 324 g/mol. The van der Waals surface area contributed by atoms with E-state index in [-0.39, 0.29) is 18.0 Å². The van der Waals surface area contributed by atoms with Crippen LogP contribution in [0.1, 0.15) is 31.1 Å². The van der Waals surface area contributed by atoms with E-state index in [0.29, 0.717) is 43.3 Å². The Bertz CT molecular complexity index is 683. The number of benzene rings is 1. The van der Waals surface area contributed by atoms with E-state index in [9.17, 15) is 9.59 Å². The third-order valence-corrected chi connectivity index (χ3v) is 4.24. The Labute approximate surface area is 147 Å². The van der Waals surface area contributed by atoms with E-state index in [2.05, 4.69) is 0 Å². The van der Waals surface area contributed by atoms with Gasteiger partial charge in [0, 0.05) is 19.6 Å². The maximum atomic E-state index is 12.9. The second-order valence-corrected chi connectivity index (χ2v) is 7.23. The molecule has 0 spiro atoms. The molecule has 2 aliphatic heterocycles. The van der Waals surface area contributed by atoms with Crippen molar-refractivity contribution in [3.05, 3.63) is 23.8 Å². The van der Waals surface area contributed by atoms with Crippen molar-refractivity contribution in [3.63, 3.8) is 0 Å². The molecule has 7 heteroatoms. The molecule has 0 aliphatic carbocycles. The van der Waals surface area contributed by atoms with Crippen LogP contribution in [0.3, 0.4) is 0 Å². The molecule has 1 fully saturated rings. The quantitative estimate of drug-likeness (QED) is 0.778. The highest BCUT2D eigenvalue weighted by atomic mass is 16.6. The number of rotatable bonds is 1. The maximum Gasteiger partial charge on any atom is 0.410 e. The molecule has 7 nitrogen and oxygen atoms in total. The van der Waals surface area contributed by atoms with Gasteiger partial charge in [0.15, 0.2) is 11.5 Å². The topological polar surface area (TPSA) is 68.3 Å². The summed E-state index contributed by atoms with van der Waals surface area (Å²) in [6, 6.07) is 5.06. The predicted octanol–water partition coefficient (Wildman–Crippen LogP) is 2.15. The van der Waals surface area contributed by atoms with Crippen molar-refractivity contribution in [2.45, 2.75) is 32.4 Å². The molecule has 1 aromatic carbocycles. The van der Waals surface area contributed by atoms with Crippen LogP contribution < -0.4 is 9.47 Å². The first-order valence-electron chi connectivity index (χ1n) is 8.39. The second kappa shape index (κ2) is 6.46. The summed E-state index contributed by atoms with van der Waals surface area (Å²) in [7, 11) is 1.55. The second-order valence-electron chi connectivity index (χ2n) is 7.23. The van der Waals surface area contributed by atoms with Crippen molar-refractivity contribution in [1.82, 2.24) is 9.80 Å². The Balaban J connectivity index is 1.78. The Morgan fingerprint density at radius 1 is 1.28 bits per heavy atom. The van der Waals surface area contributed by atoms with Gasteiger partial charge in [0.05, 0.1) is 18.7 Å². The molecule has 0 bridgehead atoms. The van der Waals surface area contributed by atoms with Crippen molar-refractivity contribution in [1.29, 1.82) is 0 Å². The van der Waals surface area contributed by atoms with Gasteiger partial charge >= 0.3 is 6.09 Å². The number of carbonyl (C=O) groups is 2. The van der Waals surface area contributed by atoms with Crippen molar-refractivity contribution in [2.24, 2.45) is 0 Å². The largest absolute Gasteiger partial charge is 0.493 e. The number of nitrogens with zero attached hydrogens (tertiary/aromatic N) is 2. The van der Waals surface area contributed by atoms with E-state index in [1.54, 1.807) is 35.1 Å². The molecule has 3 rings (SSSR count). The van der Waals surface area contributed by atoms with Crippen LogP contribution >= 0.6 is 0 Å². The number of carbonyl (C=O) groups excluding carboxylic acids is 2. The van der Waals surface area contributed by atoms with E-state index < -0.39 is 5.60 Å². The van der Waals surface area contributed by atoms with Crippen LogP contribution in [0.4, 0.5) is 4.79 Å². The lowest BCUT2D eigenvalue weighted by atomic mass is 10.1. The number of ether oxygens (including phenoxy) is 3. The zero-order valence-corrected chi connectivity index (χ0v) is 15.1. The Morgan fingerprint density at radius 2 is 2.04 bits per heavy atom. The third kappa shape index (κ3) is 3.50. The SMILES string of the molecule is COc1cccc2c1OCC1CN(C(=O)OC(C)(C)C)CCN1C2=O. The smallest absolute Gasteiger partial charge is 0.410 e. The summed E-state index contributed by atoms with van der Waals surface area (Å²) in [6.45, 7) is 7.08. The normalized spacial score (nSPS) is 20.2. The molecular formula is C18H24N2O5. The summed E-state index contributed by atoms with van der Waals surface area (Å²) in [5.74, 6) is 0.906. The first kappa shape index (κ1) is 17.4. The fourth-order valence-electron chi connectivity index (χ4n) is 3.09. The molecule has 2 heterocycles. The zero-order valence-electron chi connectivity index (χ0n) is 15.1. The molecule has 0 N–H and O–H groups in total. The predicted molar refractivity (Wildman–Crippen MR) is 91.1 cm³/mol. The lowest BCUT2D eigenvalue weighted by Crippen LogP contribution is -2.58. The molecule has 25 heavy (non-hydrogen) atoms. The molecule has 136 valence electrons. The van der Waals surface area contributed by atoms with E-state index >= 15 is 0 Å². The minimum atomic E-state index is -0.548. The highest BCUT2D eigenvalue weighted by Crippen LogP contribution is 2.35. The average Bonchev–Trinajstić information content (AvgIpc) is 2.70. The fraction of sp³-hybridized carbons (Fsp3) is 0.556. The molecule has 0 radical (unpaired) electrons. The van der Waals surface area contributed by atoms with Gasteiger partial charge in [-0.15, -0.1) is 0 Å². The maximum absolute atomic E-state index is 12.9. The van der Waals surface area contributed by atoms with Gasteiger partial charge in [0.25, 0.3) is 5.91 Å². The summed E-state index contributed by atoms with van der Waals surface area (Å²) in [4.78, 5) is 28.6. The summed E-state index contributed by atoms with van der Waals surface area (Å²) >= 11 is 0. The lowest BCUT2D eigenvalue weighted by molar-refractivity contribution is 0.000894. The van der Waals surface area contributed by atoms with Crippen LogP contribution in [-0.4, -0.2) is 66.8 Å². The molecule has 1 aromatic rings. The van der Waals surface area contributed by atoms with Gasteiger partial charge < -0.3 is 24.0 Å². The molecule has 1 unspecified atom stereocenters. The Kier molecular flexibility index (Phi) is 4.49. The van der Waals surface area contributed by atoms with E-state index in [1.165, 1.54) is 0 Å². The third-order valence-electron chi connectivity index (χ3n) is 4.24. The van der Waals surface area contributed by atoms with Crippen LogP contribution in [0.5, 0.6) is 11.5 Å². The van der Waals surface area contributed by atoms with E-state index in [4.69, 9.17) is 14.2 Å². The number of hydrogen-bond acceptors (Lipinski definition) is 5. The minimum absolute atomic E-state index is 0.0970. The molecule has 1 atom stereocenters. The van der Waals surface area contributed by atoms with Crippen molar-refractivity contribution >= 4 is 12.0 Å². The Morgan fingerprint density at radius 3 is 2.72 bits per heavy atom. The molecule has 2 amide bonds. The summed E-state index contributed by atoms with van der Waals surface area (Å²) in [6.07, 6.45) is -0.362.